The van der Waals surface area contributed by atoms with Gasteiger partial charge in [-0.15, -0.1) is 0 Å². The van der Waals surface area contributed by atoms with Crippen molar-refractivity contribution in [3.8, 4) is 0 Å². The molecule has 0 fully saturated rings. The molecule has 90 valence electrons. The highest BCUT2D eigenvalue weighted by Gasteiger charge is 2.04. The third kappa shape index (κ3) is 2.09. The summed E-state index contributed by atoms with van der Waals surface area (Å²) in [5.74, 6) is 0.899. The van der Waals surface area contributed by atoms with E-state index in [1.165, 1.54) is 0 Å². The number of fused-ring (bicyclic) bond motifs is 1. The maximum Gasteiger partial charge on any atom is 0.157 e. The third-order valence-electron chi connectivity index (χ3n) is 2.60. The molecule has 3 rings (SSSR count). The van der Waals surface area contributed by atoms with Crippen molar-refractivity contribution in [3.05, 3.63) is 52.8 Å². The van der Waals surface area contributed by atoms with Gasteiger partial charge in [0.05, 0.1) is 5.69 Å². The summed E-state index contributed by atoms with van der Waals surface area (Å²) < 4.78 is 2.86. The van der Waals surface area contributed by atoms with Crippen molar-refractivity contribution in [1.29, 1.82) is 0 Å². The van der Waals surface area contributed by atoms with Crippen LogP contribution in [0.5, 0.6) is 0 Å². The van der Waals surface area contributed by atoms with Gasteiger partial charge in [0.25, 0.3) is 0 Å². The van der Waals surface area contributed by atoms with Gasteiger partial charge in [-0.05, 0) is 37.3 Å². The molecule has 0 atom stereocenters. The van der Waals surface area contributed by atoms with Crippen molar-refractivity contribution in [2.24, 2.45) is 0 Å². The monoisotopic (exact) mass is 302 g/mol. The summed E-state index contributed by atoms with van der Waals surface area (Å²) in [7, 11) is 0. The Kier molecular flexibility index (Phi) is 2.76. The number of nitrogens with zero attached hydrogens (tertiary/aromatic N) is 3. The number of benzene rings is 1. The average molecular weight is 303 g/mol. The summed E-state index contributed by atoms with van der Waals surface area (Å²) in [6.07, 6.45) is 1.78. The minimum Gasteiger partial charge on any atom is -0.340 e. The van der Waals surface area contributed by atoms with E-state index in [1.54, 1.807) is 10.7 Å². The summed E-state index contributed by atoms with van der Waals surface area (Å²) in [5, 5.41) is 7.74. The summed E-state index contributed by atoms with van der Waals surface area (Å²) in [5.41, 5.74) is 2.81. The number of halogens is 1. The molecule has 0 radical (unpaired) electrons. The number of nitrogens with one attached hydrogen (secondary N) is 1. The quantitative estimate of drug-likeness (QED) is 0.787. The molecule has 2 heterocycles. The molecule has 0 saturated heterocycles. The Morgan fingerprint density at radius 2 is 1.94 bits per heavy atom. The van der Waals surface area contributed by atoms with Crippen LogP contribution in [0.3, 0.4) is 0 Å². The molecule has 0 bridgehead atoms. The van der Waals surface area contributed by atoms with E-state index in [0.717, 1.165) is 27.3 Å². The molecule has 5 heteroatoms. The lowest BCUT2D eigenvalue weighted by Crippen LogP contribution is -2.00. The van der Waals surface area contributed by atoms with Crippen LogP contribution < -0.4 is 5.32 Å². The molecule has 2 aromatic heterocycles. The second-order valence-electron chi connectivity index (χ2n) is 4.02. The number of aryl methyl sites for hydroxylation is 1. The topological polar surface area (TPSA) is 42.2 Å². The van der Waals surface area contributed by atoms with Crippen LogP contribution >= 0.6 is 15.9 Å². The van der Waals surface area contributed by atoms with Crippen LogP contribution in [0.2, 0.25) is 0 Å². The molecule has 4 nitrogen and oxygen atoms in total. The lowest BCUT2D eigenvalue weighted by Gasteiger charge is -2.07. The minimum atomic E-state index is 0.842. The van der Waals surface area contributed by atoms with E-state index in [2.05, 4.69) is 31.3 Å². The smallest absolute Gasteiger partial charge is 0.157 e. The van der Waals surface area contributed by atoms with Gasteiger partial charge in [-0.1, -0.05) is 15.9 Å². The van der Waals surface area contributed by atoms with Crippen molar-refractivity contribution in [3.63, 3.8) is 0 Å². The second-order valence-corrected chi connectivity index (χ2v) is 4.93. The zero-order valence-corrected chi connectivity index (χ0v) is 11.3. The Bertz CT molecular complexity index is 688. The van der Waals surface area contributed by atoms with Crippen LogP contribution in [0.4, 0.5) is 11.5 Å². The Hall–Kier alpha value is -1.88. The molecule has 0 amide bonds. The zero-order valence-electron chi connectivity index (χ0n) is 9.76. The molecule has 0 aliphatic carbocycles. The number of aromatic nitrogens is 3. The molecule has 0 spiro atoms. The Morgan fingerprint density at radius 1 is 1.17 bits per heavy atom. The molecule has 3 aromatic rings. The maximum absolute atomic E-state index is 4.41. The zero-order chi connectivity index (χ0) is 12.5. The Morgan fingerprint density at radius 3 is 2.72 bits per heavy atom. The van der Waals surface area contributed by atoms with Gasteiger partial charge in [0, 0.05) is 22.4 Å². The molecule has 1 aromatic carbocycles. The van der Waals surface area contributed by atoms with Gasteiger partial charge in [-0.3, -0.25) is 0 Å². The maximum atomic E-state index is 4.41. The van der Waals surface area contributed by atoms with E-state index < -0.39 is 0 Å². The van der Waals surface area contributed by atoms with Gasteiger partial charge in [-0.2, -0.15) is 9.61 Å². The molecular weight excluding hydrogens is 292 g/mol. The predicted octanol–water partition coefficient (Wildman–Crippen LogP) is 3.54. The van der Waals surface area contributed by atoms with Gasteiger partial charge in [0.2, 0.25) is 0 Å². The largest absolute Gasteiger partial charge is 0.340 e. The molecule has 1 N–H and O–H groups in total. The number of anilines is 2. The Labute approximate surface area is 113 Å². The average Bonchev–Trinajstić information content (AvgIpc) is 2.73. The molecule has 0 saturated carbocycles. The number of hydrogen-bond donors (Lipinski definition) is 1. The van der Waals surface area contributed by atoms with E-state index in [4.69, 9.17) is 0 Å². The standard InChI is InChI=1S/C13H11BrN4/c1-9-8-13-15-7-6-12(18(13)17-9)16-11-4-2-10(14)3-5-11/h2-8,16H,1H3. The number of rotatable bonds is 2. The minimum absolute atomic E-state index is 0.842. The fourth-order valence-corrected chi connectivity index (χ4v) is 2.05. The van der Waals surface area contributed by atoms with E-state index in [0.29, 0.717) is 0 Å². The molecular formula is C13H11BrN4. The van der Waals surface area contributed by atoms with E-state index in [-0.39, 0.29) is 0 Å². The summed E-state index contributed by atoms with van der Waals surface area (Å²) in [6.45, 7) is 1.96. The summed E-state index contributed by atoms with van der Waals surface area (Å²) in [4.78, 5) is 4.27. The highest BCUT2D eigenvalue weighted by atomic mass is 79.9. The number of hydrogen-bond acceptors (Lipinski definition) is 3. The summed E-state index contributed by atoms with van der Waals surface area (Å²) >= 11 is 3.42. The second kappa shape index (κ2) is 4.42. The fourth-order valence-electron chi connectivity index (χ4n) is 1.79. The van der Waals surface area contributed by atoms with Crippen LogP contribution in [0.1, 0.15) is 5.69 Å². The molecule has 0 aliphatic heterocycles. The first-order valence-electron chi connectivity index (χ1n) is 5.56. The first-order chi connectivity index (χ1) is 8.72. The first-order valence-corrected chi connectivity index (χ1v) is 6.36. The van der Waals surface area contributed by atoms with Gasteiger partial charge >= 0.3 is 0 Å². The van der Waals surface area contributed by atoms with Crippen molar-refractivity contribution in [2.45, 2.75) is 6.92 Å². The van der Waals surface area contributed by atoms with Crippen molar-refractivity contribution in [2.75, 3.05) is 5.32 Å². The first kappa shape index (κ1) is 11.2. The highest BCUT2D eigenvalue weighted by molar-refractivity contribution is 9.10. The van der Waals surface area contributed by atoms with Crippen LogP contribution in [0, 0.1) is 6.92 Å². The highest BCUT2D eigenvalue weighted by Crippen LogP contribution is 2.19. The van der Waals surface area contributed by atoms with E-state index in [9.17, 15) is 0 Å². The van der Waals surface area contributed by atoms with Gasteiger partial charge in [-0.25, -0.2) is 4.98 Å². The van der Waals surface area contributed by atoms with Crippen molar-refractivity contribution in [1.82, 2.24) is 14.6 Å². The lowest BCUT2D eigenvalue weighted by molar-refractivity contribution is 0.925. The van der Waals surface area contributed by atoms with Crippen molar-refractivity contribution < 1.29 is 0 Å². The summed E-state index contributed by atoms with van der Waals surface area (Å²) in [6, 6.07) is 11.9. The van der Waals surface area contributed by atoms with Crippen LogP contribution in [0.25, 0.3) is 5.65 Å². The molecule has 0 unspecified atom stereocenters. The normalized spacial score (nSPS) is 10.8. The van der Waals surface area contributed by atoms with Gasteiger partial charge < -0.3 is 5.32 Å². The molecule has 0 aliphatic rings. The van der Waals surface area contributed by atoms with Crippen LogP contribution in [-0.2, 0) is 0 Å². The Balaban J connectivity index is 2.01. The van der Waals surface area contributed by atoms with Crippen LogP contribution in [0.15, 0.2) is 47.1 Å². The SMILES string of the molecule is Cc1cc2nccc(Nc3ccc(Br)cc3)n2n1. The van der Waals surface area contributed by atoms with Crippen LogP contribution in [-0.4, -0.2) is 14.6 Å². The van der Waals surface area contributed by atoms with E-state index in [1.807, 2.05) is 43.3 Å². The lowest BCUT2D eigenvalue weighted by atomic mass is 10.3. The van der Waals surface area contributed by atoms with Gasteiger partial charge in [0.1, 0.15) is 5.82 Å². The molecule has 18 heavy (non-hydrogen) atoms. The third-order valence-corrected chi connectivity index (χ3v) is 3.13. The predicted molar refractivity (Wildman–Crippen MR) is 75.1 cm³/mol. The van der Waals surface area contributed by atoms with E-state index >= 15 is 0 Å². The van der Waals surface area contributed by atoms with Crippen molar-refractivity contribution >= 4 is 33.1 Å². The van der Waals surface area contributed by atoms with Gasteiger partial charge in [0.15, 0.2) is 5.65 Å². The fraction of sp³-hybridized carbons (Fsp3) is 0.0769.